The smallest absolute Gasteiger partial charge is 0.268 e. The first-order valence-electron chi connectivity index (χ1n) is 4.21. The molecule has 0 amide bonds. The average molecular weight is 202 g/mol. The zero-order valence-electron chi connectivity index (χ0n) is 7.15. The Balaban J connectivity index is 2.66. The minimum Gasteiger partial charge on any atom is -0.427 e. The van der Waals surface area contributed by atoms with Crippen LogP contribution in [0.25, 0.3) is 22.0 Å². The van der Waals surface area contributed by atoms with Gasteiger partial charge in [-0.15, -0.1) is 0 Å². The summed E-state index contributed by atoms with van der Waals surface area (Å²) < 4.78 is 5.38. The van der Waals surface area contributed by atoms with Gasteiger partial charge in [0.15, 0.2) is 11.2 Å². The molecule has 0 bridgehead atoms. The molecule has 0 saturated carbocycles. The number of pyridine rings is 1. The number of oxazole rings is 1. The number of hydrogen-bond donors (Lipinski definition) is 1. The van der Waals surface area contributed by atoms with Gasteiger partial charge in [-0.25, -0.2) is 4.98 Å². The molecule has 4 heteroatoms. The summed E-state index contributed by atoms with van der Waals surface area (Å²) in [4.78, 5) is 7.47. The molecule has 0 spiro atoms. The molecule has 14 heavy (non-hydrogen) atoms. The lowest BCUT2D eigenvalue weighted by atomic mass is 10.2. The normalized spacial score (nSPS) is 11.1. The second-order valence-electron chi connectivity index (χ2n) is 3.04. The molecule has 0 radical (unpaired) electrons. The van der Waals surface area contributed by atoms with E-state index in [-0.39, 0.29) is 0 Å². The van der Waals surface area contributed by atoms with Crippen molar-refractivity contribution in [2.24, 2.45) is 0 Å². The zero-order valence-corrected chi connectivity index (χ0v) is 7.97. The largest absolute Gasteiger partial charge is 0.427 e. The molecular formula is C10H6N2OS. The second kappa shape index (κ2) is 2.65. The number of aromatic nitrogens is 2. The Morgan fingerprint density at radius 1 is 1.29 bits per heavy atom. The third-order valence-corrected chi connectivity index (χ3v) is 2.35. The van der Waals surface area contributed by atoms with Crippen molar-refractivity contribution in [1.29, 1.82) is 0 Å². The van der Waals surface area contributed by atoms with Crippen molar-refractivity contribution < 1.29 is 4.42 Å². The molecule has 3 nitrogen and oxygen atoms in total. The Hall–Kier alpha value is -1.68. The van der Waals surface area contributed by atoms with E-state index < -0.39 is 0 Å². The van der Waals surface area contributed by atoms with Crippen LogP contribution in [-0.2, 0) is 0 Å². The van der Waals surface area contributed by atoms with E-state index in [1.165, 1.54) is 0 Å². The molecule has 0 aliphatic rings. The van der Waals surface area contributed by atoms with Gasteiger partial charge in [0.25, 0.3) is 4.84 Å². The van der Waals surface area contributed by atoms with Crippen molar-refractivity contribution in [3.63, 3.8) is 0 Å². The first kappa shape index (κ1) is 7.70. The van der Waals surface area contributed by atoms with E-state index in [0.29, 0.717) is 10.5 Å². The van der Waals surface area contributed by atoms with Gasteiger partial charge < -0.3 is 4.42 Å². The monoisotopic (exact) mass is 202 g/mol. The average Bonchev–Trinajstić information content (AvgIpc) is 2.59. The van der Waals surface area contributed by atoms with Crippen LogP contribution in [0.1, 0.15) is 0 Å². The lowest BCUT2D eigenvalue weighted by Gasteiger charge is -1.94. The van der Waals surface area contributed by atoms with Gasteiger partial charge >= 0.3 is 0 Å². The van der Waals surface area contributed by atoms with E-state index in [2.05, 4.69) is 9.97 Å². The predicted octanol–water partition coefficient (Wildman–Crippen LogP) is 3.04. The summed E-state index contributed by atoms with van der Waals surface area (Å²) in [5, 5.41) is 2.09. The number of aromatic amines is 1. The first-order valence-corrected chi connectivity index (χ1v) is 4.62. The number of H-pyrrole nitrogens is 1. The molecule has 0 aliphatic carbocycles. The Morgan fingerprint density at radius 3 is 3.07 bits per heavy atom. The van der Waals surface area contributed by atoms with Gasteiger partial charge in [0.05, 0.1) is 0 Å². The van der Waals surface area contributed by atoms with Gasteiger partial charge in [-0.2, -0.15) is 0 Å². The number of benzene rings is 1. The molecule has 1 aromatic carbocycles. The number of rotatable bonds is 0. The van der Waals surface area contributed by atoms with E-state index in [4.69, 9.17) is 16.6 Å². The molecule has 68 valence electrons. The van der Waals surface area contributed by atoms with E-state index in [0.717, 1.165) is 16.4 Å². The predicted molar refractivity (Wildman–Crippen MR) is 56.7 cm³/mol. The van der Waals surface area contributed by atoms with Crippen LogP contribution in [0.2, 0.25) is 0 Å². The second-order valence-corrected chi connectivity index (χ2v) is 3.41. The number of hydrogen-bond acceptors (Lipinski definition) is 3. The van der Waals surface area contributed by atoms with Gasteiger partial charge in [-0.3, -0.25) is 4.98 Å². The highest BCUT2D eigenvalue weighted by molar-refractivity contribution is 7.71. The highest BCUT2D eigenvalue weighted by Gasteiger charge is 2.04. The van der Waals surface area contributed by atoms with Crippen molar-refractivity contribution in [1.82, 2.24) is 9.97 Å². The summed E-state index contributed by atoms with van der Waals surface area (Å²) in [5.41, 5.74) is 1.43. The Morgan fingerprint density at radius 2 is 2.14 bits per heavy atom. The van der Waals surface area contributed by atoms with Crippen LogP contribution in [0.4, 0.5) is 0 Å². The van der Waals surface area contributed by atoms with Crippen LogP contribution in [0.5, 0.6) is 0 Å². The van der Waals surface area contributed by atoms with Crippen LogP contribution < -0.4 is 0 Å². The summed E-state index contributed by atoms with van der Waals surface area (Å²) in [5.74, 6) is 0. The van der Waals surface area contributed by atoms with Gasteiger partial charge in [0.1, 0.15) is 0 Å². The maximum Gasteiger partial charge on any atom is 0.268 e. The summed E-state index contributed by atoms with van der Waals surface area (Å²) in [7, 11) is 0. The van der Waals surface area contributed by atoms with Gasteiger partial charge in [0, 0.05) is 17.0 Å². The molecule has 0 fully saturated rings. The summed E-state index contributed by atoms with van der Waals surface area (Å²) in [6.07, 6.45) is 1.80. The fourth-order valence-corrected chi connectivity index (χ4v) is 1.72. The van der Waals surface area contributed by atoms with Gasteiger partial charge in [0.2, 0.25) is 0 Å². The quantitative estimate of drug-likeness (QED) is 0.570. The molecule has 3 aromatic rings. The highest BCUT2D eigenvalue weighted by atomic mass is 32.1. The minimum absolute atomic E-state index is 0.365. The number of nitrogens with one attached hydrogen (secondary N) is 1. The van der Waals surface area contributed by atoms with Crippen LogP contribution in [0, 0.1) is 4.84 Å². The Bertz CT molecular complexity index is 668. The minimum atomic E-state index is 0.365. The first-order chi connectivity index (χ1) is 6.84. The molecule has 3 rings (SSSR count). The van der Waals surface area contributed by atoms with Crippen molar-refractivity contribution in [2.75, 3.05) is 0 Å². The molecule has 0 saturated heterocycles. The van der Waals surface area contributed by atoms with Gasteiger partial charge in [-0.05, 0) is 12.2 Å². The highest BCUT2D eigenvalue weighted by Crippen LogP contribution is 2.22. The molecule has 2 heterocycles. The Kier molecular flexibility index (Phi) is 1.46. The van der Waals surface area contributed by atoms with Crippen molar-refractivity contribution >= 4 is 34.2 Å². The lowest BCUT2D eigenvalue weighted by molar-refractivity contribution is 0.586. The molecule has 0 aliphatic heterocycles. The van der Waals surface area contributed by atoms with Crippen molar-refractivity contribution in [3.8, 4) is 0 Å². The van der Waals surface area contributed by atoms with Crippen LogP contribution in [0.15, 0.2) is 34.9 Å². The molecule has 1 N–H and O–H groups in total. The number of nitrogens with zero attached hydrogens (tertiary/aromatic N) is 1. The van der Waals surface area contributed by atoms with E-state index >= 15 is 0 Å². The fourth-order valence-electron chi connectivity index (χ4n) is 1.54. The van der Waals surface area contributed by atoms with E-state index in [1.807, 2.05) is 24.3 Å². The third kappa shape index (κ3) is 0.975. The maximum atomic E-state index is 5.38. The van der Waals surface area contributed by atoms with Crippen LogP contribution in [0.3, 0.4) is 0 Å². The lowest BCUT2D eigenvalue weighted by Crippen LogP contribution is -1.78. The van der Waals surface area contributed by atoms with E-state index in [1.54, 1.807) is 6.20 Å². The zero-order chi connectivity index (χ0) is 9.54. The van der Waals surface area contributed by atoms with E-state index in [9.17, 15) is 0 Å². The molecule has 0 atom stereocenters. The SMILES string of the molecule is S=c1[nH]c2ncc3ccccc3c2o1. The fraction of sp³-hybridized carbons (Fsp3) is 0. The topological polar surface area (TPSA) is 41.8 Å². The third-order valence-electron chi connectivity index (χ3n) is 2.17. The summed E-state index contributed by atoms with van der Waals surface area (Å²) in [6, 6.07) is 7.92. The molecular weight excluding hydrogens is 196 g/mol. The summed E-state index contributed by atoms with van der Waals surface area (Å²) in [6.45, 7) is 0. The summed E-state index contributed by atoms with van der Waals surface area (Å²) >= 11 is 4.91. The number of fused-ring (bicyclic) bond motifs is 3. The standard InChI is InChI=1S/C10H6N2OS/c14-10-12-9-8(13-10)7-4-2-1-3-6(7)5-11-9/h1-5H,(H,11,12,14). The maximum absolute atomic E-state index is 5.38. The Labute approximate surface area is 84.4 Å². The molecule has 2 aromatic heterocycles. The van der Waals surface area contributed by atoms with Gasteiger partial charge in [-0.1, -0.05) is 24.3 Å². The van der Waals surface area contributed by atoms with Crippen LogP contribution >= 0.6 is 12.2 Å². The van der Waals surface area contributed by atoms with Crippen LogP contribution in [-0.4, -0.2) is 9.97 Å². The molecule has 0 unspecified atom stereocenters. The van der Waals surface area contributed by atoms with Crippen molar-refractivity contribution in [3.05, 3.63) is 35.3 Å². The van der Waals surface area contributed by atoms with Crippen molar-refractivity contribution in [2.45, 2.75) is 0 Å².